The number of H-pyrrole nitrogens is 1. The van der Waals surface area contributed by atoms with Gasteiger partial charge in [-0.15, -0.1) is 0 Å². The van der Waals surface area contributed by atoms with Gasteiger partial charge in [0.25, 0.3) is 5.91 Å². The number of amides is 3. The molecular formula is C21H21N3O2. The molecule has 1 unspecified atom stereocenters. The lowest BCUT2D eigenvalue weighted by Gasteiger charge is -2.14. The highest BCUT2D eigenvalue weighted by Gasteiger charge is 2.38. The molecule has 1 saturated heterocycles. The molecule has 3 aromatic rings. The molecule has 0 spiro atoms. The molecule has 0 aliphatic carbocycles. The quantitative estimate of drug-likeness (QED) is 0.710. The van der Waals surface area contributed by atoms with Crippen LogP contribution in [0.1, 0.15) is 22.3 Å². The predicted octanol–water partition coefficient (Wildman–Crippen LogP) is 3.45. The Morgan fingerprint density at radius 1 is 1.04 bits per heavy atom. The first-order valence-corrected chi connectivity index (χ1v) is 8.75. The summed E-state index contributed by atoms with van der Waals surface area (Å²) >= 11 is 0. The molecule has 2 heterocycles. The van der Waals surface area contributed by atoms with Crippen LogP contribution < -0.4 is 5.32 Å². The lowest BCUT2D eigenvalue weighted by molar-refractivity contribution is -0.127. The molecule has 0 radical (unpaired) electrons. The summed E-state index contributed by atoms with van der Waals surface area (Å²) in [7, 11) is 0. The van der Waals surface area contributed by atoms with Crippen LogP contribution in [0.3, 0.4) is 0 Å². The van der Waals surface area contributed by atoms with Gasteiger partial charge in [-0.1, -0.05) is 47.5 Å². The lowest BCUT2D eigenvalue weighted by atomic mass is 10.0. The topological polar surface area (TPSA) is 65.2 Å². The van der Waals surface area contributed by atoms with Crippen molar-refractivity contribution in [3.63, 3.8) is 0 Å². The first-order valence-electron chi connectivity index (χ1n) is 8.75. The van der Waals surface area contributed by atoms with Gasteiger partial charge in [-0.25, -0.2) is 4.79 Å². The van der Waals surface area contributed by atoms with Crippen molar-refractivity contribution in [1.29, 1.82) is 0 Å². The SMILES string of the molecule is Cc1cc(C)cc(CN2C(=O)NC(Cc3c[nH]c4ccccc34)C2=O)c1. The number of urea groups is 1. The fraction of sp³-hybridized carbons (Fsp3) is 0.238. The molecule has 2 N–H and O–H groups in total. The van der Waals surface area contributed by atoms with Crippen molar-refractivity contribution in [2.24, 2.45) is 0 Å². The van der Waals surface area contributed by atoms with Crippen molar-refractivity contribution in [2.45, 2.75) is 32.9 Å². The van der Waals surface area contributed by atoms with E-state index in [1.54, 1.807) is 0 Å². The van der Waals surface area contributed by atoms with Gasteiger partial charge in [-0.3, -0.25) is 9.69 Å². The zero-order valence-electron chi connectivity index (χ0n) is 14.9. The van der Waals surface area contributed by atoms with Crippen LogP contribution in [0, 0.1) is 13.8 Å². The normalized spacial score (nSPS) is 17.2. The van der Waals surface area contributed by atoms with Gasteiger partial charge < -0.3 is 10.3 Å². The van der Waals surface area contributed by atoms with E-state index in [-0.39, 0.29) is 11.9 Å². The average molecular weight is 347 g/mol. The summed E-state index contributed by atoms with van der Waals surface area (Å²) in [6, 6.07) is 13.2. The summed E-state index contributed by atoms with van der Waals surface area (Å²) in [5, 5.41) is 3.92. The number of hydrogen-bond acceptors (Lipinski definition) is 2. The third-order valence-corrected chi connectivity index (χ3v) is 4.83. The van der Waals surface area contributed by atoms with Gasteiger partial charge in [0.05, 0.1) is 6.54 Å². The maximum absolute atomic E-state index is 12.8. The van der Waals surface area contributed by atoms with Crippen LogP contribution in [0.5, 0.6) is 0 Å². The molecule has 0 bridgehead atoms. The largest absolute Gasteiger partial charge is 0.361 e. The van der Waals surface area contributed by atoms with E-state index in [9.17, 15) is 9.59 Å². The van der Waals surface area contributed by atoms with Gasteiger partial charge >= 0.3 is 6.03 Å². The van der Waals surface area contributed by atoms with E-state index in [2.05, 4.69) is 16.4 Å². The van der Waals surface area contributed by atoms with E-state index in [0.717, 1.165) is 33.2 Å². The number of fused-ring (bicyclic) bond motifs is 1. The minimum absolute atomic E-state index is 0.167. The average Bonchev–Trinajstić information content (AvgIpc) is 3.11. The van der Waals surface area contributed by atoms with Crippen LogP contribution >= 0.6 is 0 Å². The van der Waals surface area contributed by atoms with Crippen molar-refractivity contribution in [3.05, 3.63) is 70.9 Å². The Balaban J connectivity index is 1.53. The van der Waals surface area contributed by atoms with Crippen LogP contribution in [0.15, 0.2) is 48.7 Å². The number of nitrogens with one attached hydrogen (secondary N) is 2. The van der Waals surface area contributed by atoms with E-state index in [1.165, 1.54) is 4.90 Å². The van der Waals surface area contributed by atoms with Gasteiger partial charge in [0, 0.05) is 23.5 Å². The van der Waals surface area contributed by atoms with E-state index < -0.39 is 6.04 Å². The summed E-state index contributed by atoms with van der Waals surface area (Å²) in [4.78, 5) is 29.7. The molecule has 1 fully saturated rings. The molecule has 3 amide bonds. The summed E-state index contributed by atoms with van der Waals surface area (Å²) in [5.74, 6) is -0.167. The molecule has 4 rings (SSSR count). The maximum Gasteiger partial charge on any atom is 0.325 e. The van der Waals surface area contributed by atoms with Gasteiger partial charge in [0.15, 0.2) is 0 Å². The second-order valence-corrected chi connectivity index (χ2v) is 6.99. The van der Waals surface area contributed by atoms with Gasteiger partial charge in [0.1, 0.15) is 6.04 Å². The van der Waals surface area contributed by atoms with Crippen LogP contribution in [0.2, 0.25) is 0 Å². The third-order valence-electron chi connectivity index (χ3n) is 4.83. The predicted molar refractivity (Wildman–Crippen MR) is 101 cm³/mol. The van der Waals surface area contributed by atoms with E-state index in [4.69, 9.17) is 0 Å². The number of hydrogen-bond donors (Lipinski definition) is 2. The molecule has 1 aromatic heterocycles. The zero-order valence-corrected chi connectivity index (χ0v) is 14.9. The molecule has 1 aliphatic heterocycles. The van der Waals surface area contributed by atoms with Crippen LogP contribution in [-0.2, 0) is 17.8 Å². The molecule has 132 valence electrons. The number of nitrogens with zero attached hydrogens (tertiary/aromatic N) is 1. The Kier molecular flexibility index (Phi) is 3.99. The summed E-state index contributed by atoms with van der Waals surface area (Å²) in [6.07, 6.45) is 2.40. The summed E-state index contributed by atoms with van der Waals surface area (Å²) < 4.78 is 0. The highest BCUT2D eigenvalue weighted by Crippen LogP contribution is 2.22. The molecule has 5 heteroatoms. The van der Waals surface area contributed by atoms with Crippen LogP contribution in [-0.4, -0.2) is 27.9 Å². The molecule has 26 heavy (non-hydrogen) atoms. The third kappa shape index (κ3) is 2.96. The summed E-state index contributed by atoms with van der Waals surface area (Å²) in [6.45, 7) is 4.34. The van der Waals surface area contributed by atoms with Gasteiger partial charge in [0.2, 0.25) is 0 Å². The number of carbonyl (C=O) groups is 2. The van der Waals surface area contributed by atoms with Crippen molar-refractivity contribution >= 4 is 22.8 Å². The zero-order chi connectivity index (χ0) is 18.3. The number of carbonyl (C=O) groups excluding carboxylic acids is 2. The molecule has 2 aromatic carbocycles. The number of benzene rings is 2. The molecule has 5 nitrogen and oxygen atoms in total. The van der Waals surface area contributed by atoms with Crippen LogP contribution in [0.4, 0.5) is 4.79 Å². The minimum atomic E-state index is -0.521. The molecule has 1 atom stereocenters. The fourth-order valence-corrected chi connectivity index (χ4v) is 3.73. The van der Waals surface area contributed by atoms with Gasteiger partial charge in [-0.05, 0) is 31.0 Å². The second kappa shape index (κ2) is 6.33. The Morgan fingerprint density at radius 3 is 2.54 bits per heavy atom. The van der Waals surface area contributed by atoms with E-state index >= 15 is 0 Å². The first-order chi connectivity index (χ1) is 12.5. The second-order valence-electron chi connectivity index (χ2n) is 6.99. The lowest BCUT2D eigenvalue weighted by Crippen LogP contribution is -2.32. The first kappa shape index (κ1) is 16.4. The smallest absolute Gasteiger partial charge is 0.325 e. The fourth-order valence-electron chi connectivity index (χ4n) is 3.73. The minimum Gasteiger partial charge on any atom is -0.361 e. The number of aromatic nitrogens is 1. The van der Waals surface area contributed by atoms with Crippen molar-refractivity contribution < 1.29 is 9.59 Å². The van der Waals surface area contributed by atoms with Crippen molar-refractivity contribution in [2.75, 3.05) is 0 Å². The number of imide groups is 1. The van der Waals surface area contributed by atoms with Gasteiger partial charge in [-0.2, -0.15) is 0 Å². The Hall–Kier alpha value is -3.08. The number of para-hydroxylation sites is 1. The van der Waals surface area contributed by atoms with Crippen LogP contribution in [0.25, 0.3) is 10.9 Å². The molecular weight excluding hydrogens is 326 g/mol. The standard InChI is InChI=1S/C21H21N3O2/c1-13-7-14(2)9-15(8-13)12-24-20(25)19(23-21(24)26)10-16-11-22-18-6-4-3-5-17(16)18/h3-9,11,19,22H,10,12H2,1-2H3,(H,23,26). The Bertz CT molecular complexity index is 985. The Labute approximate surface area is 152 Å². The summed E-state index contributed by atoms with van der Waals surface area (Å²) in [5.41, 5.74) is 5.29. The highest BCUT2D eigenvalue weighted by molar-refractivity contribution is 6.04. The van der Waals surface area contributed by atoms with Crippen molar-refractivity contribution in [3.8, 4) is 0 Å². The van der Waals surface area contributed by atoms with Crippen molar-refractivity contribution in [1.82, 2.24) is 15.2 Å². The Morgan fingerprint density at radius 2 is 1.77 bits per heavy atom. The number of aromatic amines is 1. The molecule has 1 aliphatic rings. The van der Waals surface area contributed by atoms with E-state index in [0.29, 0.717) is 13.0 Å². The van der Waals surface area contributed by atoms with E-state index in [1.807, 2.05) is 56.4 Å². The highest BCUT2D eigenvalue weighted by atomic mass is 16.2. The maximum atomic E-state index is 12.8. The number of aryl methyl sites for hydroxylation is 2. The number of rotatable bonds is 4. The monoisotopic (exact) mass is 347 g/mol. The molecule has 0 saturated carbocycles.